The number of rotatable bonds is 9. The number of hydrogen-bond acceptors (Lipinski definition) is 6. The third-order valence-corrected chi connectivity index (χ3v) is 6.01. The van der Waals surface area contributed by atoms with Crippen molar-refractivity contribution in [2.45, 2.75) is 45.4 Å². The van der Waals surface area contributed by atoms with E-state index < -0.39 is 0 Å². The largest absolute Gasteiger partial charge is 0.497 e. The summed E-state index contributed by atoms with van der Waals surface area (Å²) in [4.78, 5) is 26.9. The molecule has 1 saturated carbocycles. The molecule has 1 N–H and O–H groups in total. The molecule has 0 bridgehead atoms. The summed E-state index contributed by atoms with van der Waals surface area (Å²) in [5.74, 6) is 0.966. The van der Waals surface area contributed by atoms with Crippen LogP contribution < -0.4 is 10.1 Å². The molecule has 1 aliphatic rings. The molecule has 7 nitrogen and oxygen atoms in total. The van der Waals surface area contributed by atoms with Crippen molar-refractivity contribution in [2.24, 2.45) is 5.92 Å². The molecule has 156 valence electrons. The molecule has 1 aliphatic carbocycles. The number of nitrogens with zero attached hydrogens (tertiary/aromatic N) is 3. The highest BCUT2D eigenvalue weighted by Gasteiger charge is 2.27. The number of hydrogen-bond donors (Lipinski definition) is 1. The van der Waals surface area contributed by atoms with E-state index in [0.29, 0.717) is 18.2 Å². The number of nitrogens with one attached hydrogen (secondary N) is 1. The van der Waals surface area contributed by atoms with Crippen LogP contribution in [0.3, 0.4) is 0 Å². The monoisotopic (exact) mass is 416 g/mol. The van der Waals surface area contributed by atoms with Crippen LogP contribution in [-0.2, 0) is 9.59 Å². The number of ether oxygens (including phenoxy) is 1. The number of benzene rings is 1. The Labute approximate surface area is 175 Å². The van der Waals surface area contributed by atoms with Crippen LogP contribution in [0.15, 0.2) is 24.3 Å². The predicted octanol–water partition coefficient (Wildman–Crippen LogP) is 3.97. The molecule has 0 radical (unpaired) electrons. The maximum absolute atomic E-state index is 12.7. The maximum atomic E-state index is 12.7. The van der Waals surface area contributed by atoms with Crippen molar-refractivity contribution in [3.63, 3.8) is 0 Å². The molecule has 1 fully saturated rings. The zero-order valence-electron chi connectivity index (χ0n) is 17.0. The number of aromatic nitrogens is 2. The Morgan fingerprint density at radius 2 is 1.90 bits per heavy atom. The molecule has 2 aromatic rings. The van der Waals surface area contributed by atoms with Crippen LogP contribution in [0.25, 0.3) is 10.6 Å². The minimum atomic E-state index is -0.150. The van der Waals surface area contributed by atoms with E-state index in [4.69, 9.17) is 4.74 Å². The van der Waals surface area contributed by atoms with Gasteiger partial charge in [0.05, 0.1) is 7.11 Å². The predicted molar refractivity (Wildman–Crippen MR) is 114 cm³/mol. The number of carbonyl (C=O) groups excluding carboxylic acids is 2. The van der Waals surface area contributed by atoms with Gasteiger partial charge in [0.2, 0.25) is 16.9 Å². The highest BCUT2D eigenvalue weighted by atomic mass is 32.1. The van der Waals surface area contributed by atoms with E-state index >= 15 is 0 Å². The summed E-state index contributed by atoms with van der Waals surface area (Å²) in [6, 6.07) is 7.53. The number of carbonyl (C=O) groups is 2. The first kappa shape index (κ1) is 21.2. The molecule has 1 heterocycles. The van der Waals surface area contributed by atoms with Crippen LogP contribution in [0.4, 0.5) is 5.13 Å². The zero-order chi connectivity index (χ0) is 20.6. The average molecular weight is 417 g/mol. The second-order valence-corrected chi connectivity index (χ2v) is 8.22. The van der Waals surface area contributed by atoms with Crippen molar-refractivity contribution in [2.75, 3.05) is 25.5 Å². The van der Waals surface area contributed by atoms with Crippen LogP contribution in [0.1, 0.15) is 45.4 Å². The molecule has 0 saturated heterocycles. The summed E-state index contributed by atoms with van der Waals surface area (Å²) < 4.78 is 5.16. The molecule has 0 aliphatic heterocycles. The van der Waals surface area contributed by atoms with Gasteiger partial charge in [-0.2, -0.15) is 0 Å². The van der Waals surface area contributed by atoms with E-state index in [9.17, 15) is 9.59 Å². The fourth-order valence-corrected chi connectivity index (χ4v) is 4.34. The second-order valence-electron chi connectivity index (χ2n) is 7.25. The summed E-state index contributed by atoms with van der Waals surface area (Å²) in [5, 5.41) is 12.2. The first-order valence-electron chi connectivity index (χ1n) is 10.2. The topological polar surface area (TPSA) is 84.4 Å². The first-order valence-corrected chi connectivity index (χ1v) is 11.0. The molecule has 2 amide bonds. The lowest BCUT2D eigenvalue weighted by Crippen LogP contribution is -2.38. The van der Waals surface area contributed by atoms with Crippen molar-refractivity contribution in [1.82, 2.24) is 15.1 Å². The lowest BCUT2D eigenvalue weighted by atomic mass is 10.1. The summed E-state index contributed by atoms with van der Waals surface area (Å²) in [7, 11) is 1.62. The van der Waals surface area contributed by atoms with Gasteiger partial charge in [0.15, 0.2) is 0 Å². The summed E-state index contributed by atoms with van der Waals surface area (Å²) in [5.41, 5.74) is 0.917. The molecule has 1 aromatic heterocycles. The summed E-state index contributed by atoms with van der Waals surface area (Å²) in [6.07, 6.45) is 5.36. The van der Waals surface area contributed by atoms with Gasteiger partial charge in [-0.3, -0.25) is 9.59 Å². The van der Waals surface area contributed by atoms with Crippen LogP contribution in [-0.4, -0.2) is 47.1 Å². The summed E-state index contributed by atoms with van der Waals surface area (Å²) in [6.45, 7) is 3.19. The van der Waals surface area contributed by atoms with Gasteiger partial charge in [-0.15, -0.1) is 10.2 Å². The number of anilines is 1. The molecular weight excluding hydrogens is 388 g/mol. The van der Waals surface area contributed by atoms with Gasteiger partial charge in [-0.05, 0) is 43.5 Å². The van der Waals surface area contributed by atoms with E-state index in [1.807, 2.05) is 29.2 Å². The lowest BCUT2D eigenvalue weighted by Gasteiger charge is -2.25. The highest BCUT2D eigenvalue weighted by molar-refractivity contribution is 7.18. The van der Waals surface area contributed by atoms with Crippen molar-refractivity contribution in [3.05, 3.63) is 24.3 Å². The first-order chi connectivity index (χ1) is 14.1. The van der Waals surface area contributed by atoms with Crippen molar-refractivity contribution in [1.29, 1.82) is 0 Å². The second kappa shape index (κ2) is 10.3. The minimum Gasteiger partial charge on any atom is -0.497 e. The third kappa shape index (κ3) is 5.76. The van der Waals surface area contributed by atoms with Crippen LogP contribution in [0, 0.1) is 5.92 Å². The summed E-state index contributed by atoms with van der Waals surface area (Å²) >= 11 is 1.32. The molecule has 1 aromatic carbocycles. The smallest absolute Gasteiger partial charge is 0.227 e. The van der Waals surface area contributed by atoms with Crippen molar-refractivity contribution >= 4 is 28.3 Å². The Hall–Kier alpha value is -2.48. The van der Waals surface area contributed by atoms with Crippen LogP contribution in [0.2, 0.25) is 0 Å². The average Bonchev–Trinajstić information content (AvgIpc) is 3.43. The molecule has 0 atom stereocenters. The van der Waals surface area contributed by atoms with Gasteiger partial charge in [-0.1, -0.05) is 31.1 Å². The fraction of sp³-hybridized carbons (Fsp3) is 0.524. The number of methoxy groups -OCH3 is 1. The van der Waals surface area contributed by atoms with Gasteiger partial charge in [-0.25, -0.2) is 0 Å². The van der Waals surface area contributed by atoms with Gasteiger partial charge >= 0.3 is 0 Å². The van der Waals surface area contributed by atoms with Crippen LogP contribution in [0.5, 0.6) is 5.75 Å². The zero-order valence-corrected chi connectivity index (χ0v) is 17.8. The van der Waals surface area contributed by atoms with E-state index in [2.05, 4.69) is 22.4 Å². The Kier molecular flexibility index (Phi) is 7.57. The minimum absolute atomic E-state index is 0.139. The van der Waals surface area contributed by atoms with E-state index in [-0.39, 0.29) is 24.2 Å². The van der Waals surface area contributed by atoms with Crippen LogP contribution >= 0.6 is 11.3 Å². The van der Waals surface area contributed by atoms with Crippen molar-refractivity contribution in [3.8, 4) is 16.3 Å². The third-order valence-electron chi connectivity index (χ3n) is 5.13. The Bertz CT molecular complexity index is 816. The SMILES string of the molecule is CCCN(CCC(=O)Nc1nnc(-c2ccc(OC)cc2)s1)C(=O)C1CCCC1. The molecule has 0 unspecified atom stereocenters. The molecule has 0 spiro atoms. The fourth-order valence-electron chi connectivity index (χ4n) is 3.58. The van der Waals surface area contributed by atoms with E-state index in [1.165, 1.54) is 11.3 Å². The van der Waals surface area contributed by atoms with Gasteiger partial charge in [0.1, 0.15) is 10.8 Å². The van der Waals surface area contributed by atoms with E-state index in [0.717, 1.165) is 48.4 Å². The quantitative estimate of drug-likeness (QED) is 0.669. The molecular formula is C21H28N4O3S. The highest BCUT2D eigenvalue weighted by Crippen LogP contribution is 2.28. The van der Waals surface area contributed by atoms with E-state index in [1.54, 1.807) is 7.11 Å². The maximum Gasteiger partial charge on any atom is 0.227 e. The Morgan fingerprint density at radius 3 is 2.55 bits per heavy atom. The normalized spacial score (nSPS) is 14.0. The Morgan fingerprint density at radius 1 is 1.17 bits per heavy atom. The van der Waals surface area contributed by atoms with Crippen molar-refractivity contribution < 1.29 is 14.3 Å². The van der Waals surface area contributed by atoms with Gasteiger partial charge in [0.25, 0.3) is 0 Å². The van der Waals surface area contributed by atoms with Gasteiger partial charge in [0, 0.05) is 31.0 Å². The lowest BCUT2D eigenvalue weighted by molar-refractivity contribution is -0.135. The molecule has 3 rings (SSSR count). The Balaban J connectivity index is 1.53. The molecule has 8 heteroatoms. The number of amides is 2. The molecule has 29 heavy (non-hydrogen) atoms. The standard InChI is InChI=1S/C21H28N4O3S/c1-3-13-25(20(27)16-6-4-5-7-16)14-12-18(26)22-21-24-23-19(29-21)15-8-10-17(28-2)11-9-15/h8-11,16H,3-7,12-14H2,1-2H3,(H,22,24,26). The van der Waals surface area contributed by atoms with Gasteiger partial charge < -0.3 is 15.0 Å².